The number of hydrogen-bond donors (Lipinski definition) is 3. The van der Waals surface area contributed by atoms with Crippen LogP contribution in [0.25, 0.3) is 0 Å². The zero-order chi connectivity index (χ0) is 21.6. The summed E-state index contributed by atoms with van der Waals surface area (Å²) in [5.41, 5.74) is 1.07. The number of carbonyl (C=O) groups is 1. The summed E-state index contributed by atoms with van der Waals surface area (Å²) >= 11 is 0. The Morgan fingerprint density at radius 1 is 1.19 bits per heavy atom. The number of aryl methyl sites for hydroxylation is 1. The van der Waals surface area contributed by atoms with Crippen molar-refractivity contribution in [1.82, 2.24) is 15.5 Å². The van der Waals surface area contributed by atoms with Crippen LogP contribution in [-0.4, -0.2) is 41.5 Å². The summed E-state index contributed by atoms with van der Waals surface area (Å²) in [7, 11) is 0. The molecule has 0 saturated carbocycles. The number of nitrogens with one attached hydrogen (secondary N) is 2. The van der Waals surface area contributed by atoms with E-state index in [2.05, 4.69) is 27.8 Å². The van der Waals surface area contributed by atoms with Crippen LogP contribution in [0, 0.1) is 6.92 Å². The molecule has 170 valence electrons. The van der Waals surface area contributed by atoms with Gasteiger partial charge in [-0.15, -0.1) is 24.0 Å². The Morgan fingerprint density at radius 3 is 2.48 bits per heavy atom. The number of amides is 1. The fourth-order valence-electron chi connectivity index (χ4n) is 3.42. The van der Waals surface area contributed by atoms with Crippen LogP contribution < -0.4 is 10.6 Å². The van der Waals surface area contributed by atoms with Crippen molar-refractivity contribution in [2.24, 2.45) is 4.99 Å². The molecule has 1 aliphatic heterocycles. The van der Waals surface area contributed by atoms with Crippen molar-refractivity contribution in [3.8, 4) is 0 Å². The standard InChI is InChI=1S/C23H32N4O3.HI/c1-4-24-22(26-16-23(3,29)20-12-7-17(2)30-20)25-14-18-8-10-19(11-9-18)15-27-13-5-6-21(27)28;/h7-12,29H,4-6,13-16H2,1-3H3,(H2,24,25,26);1H. The molecule has 3 N–H and O–H groups in total. The van der Waals surface area contributed by atoms with Gasteiger partial charge in [0.2, 0.25) is 5.91 Å². The topological polar surface area (TPSA) is 90.1 Å². The SMILES string of the molecule is CCNC(=NCc1ccc(CN2CCCC2=O)cc1)NCC(C)(O)c1ccc(C)o1.I. The molecule has 0 aliphatic carbocycles. The highest BCUT2D eigenvalue weighted by Gasteiger charge is 2.27. The molecule has 0 spiro atoms. The van der Waals surface area contributed by atoms with Gasteiger partial charge in [0.05, 0.1) is 13.1 Å². The molecule has 1 aliphatic rings. The minimum absolute atomic E-state index is 0. The van der Waals surface area contributed by atoms with E-state index < -0.39 is 5.60 Å². The molecule has 1 saturated heterocycles. The van der Waals surface area contributed by atoms with Crippen molar-refractivity contribution >= 4 is 35.8 Å². The van der Waals surface area contributed by atoms with E-state index >= 15 is 0 Å². The van der Waals surface area contributed by atoms with E-state index in [0.29, 0.717) is 31.2 Å². The first-order valence-electron chi connectivity index (χ1n) is 10.5. The van der Waals surface area contributed by atoms with Crippen LogP contribution >= 0.6 is 24.0 Å². The minimum atomic E-state index is -1.14. The lowest BCUT2D eigenvalue weighted by molar-refractivity contribution is -0.128. The highest BCUT2D eigenvalue weighted by atomic mass is 127. The van der Waals surface area contributed by atoms with E-state index in [0.717, 1.165) is 36.4 Å². The van der Waals surface area contributed by atoms with Crippen molar-refractivity contribution in [1.29, 1.82) is 0 Å². The number of aliphatic imine (C=N–C) groups is 1. The molecular formula is C23H33IN4O3. The van der Waals surface area contributed by atoms with E-state index in [4.69, 9.17) is 4.42 Å². The zero-order valence-electron chi connectivity index (χ0n) is 18.5. The summed E-state index contributed by atoms with van der Waals surface area (Å²) in [5, 5.41) is 17.1. The third-order valence-corrected chi connectivity index (χ3v) is 5.20. The Bertz CT molecular complexity index is 877. The van der Waals surface area contributed by atoms with Crippen molar-refractivity contribution in [2.75, 3.05) is 19.6 Å². The molecule has 8 heteroatoms. The predicted molar refractivity (Wildman–Crippen MR) is 132 cm³/mol. The van der Waals surface area contributed by atoms with Gasteiger partial charge in [-0.2, -0.15) is 0 Å². The number of furan rings is 1. The maximum absolute atomic E-state index is 11.8. The molecule has 2 aromatic rings. The quantitative estimate of drug-likeness (QED) is 0.272. The summed E-state index contributed by atoms with van der Waals surface area (Å²) in [6.07, 6.45) is 1.62. The molecule has 31 heavy (non-hydrogen) atoms. The number of rotatable bonds is 8. The summed E-state index contributed by atoms with van der Waals surface area (Å²) in [6, 6.07) is 11.8. The van der Waals surface area contributed by atoms with Crippen LogP contribution in [0.2, 0.25) is 0 Å². The van der Waals surface area contributed by atoms with Crippen LogP contribution in [0.3, 0.4) is 0 Å². The second-order valence-electron chi connectivity index (χ2n) is 7.97. The predicted octanol–water partition coefficient (Wildman–Crippen LogP) is 3.29. The fraction of sp³-hybridized carbons (Fsp3) is 0.478. The number of hydrogen-bond acceptors (Lipinski definition) is 4. The van der Waals surface area contributed by atoms with Crippen LogP contribution in [0.4, 0.5) is 0 Å². The summed E-state index contributed by atoms with van der Waals surface area (Å²) in [5.74, 6) is 2.16. The summed E-state index contributed by atoms with van der Waals surface area (Å²) in [4.78, 5) is 18.3. The first kappa shape index (κ1) is 25.2. The maximum Gasteiger partial charge on any atom is 0.222 e. The summed E-state index contributed by atoms with van der Waals surface area (Å²) < 4.78 is 5.56. The number of aliphatic hydroxyl groups is 1. The third-order valence-electron chi connectivity index (χ3n) is 5.20. The first-order valence-corrected chi connectivity index (χ1v) is 10.5. The number of halogens is 1. The average molecular weight is 540 g/mol. The van der Waals surface area contributed by atoms with E-state index in [9.17, 15) is 9.90 Å². The van der Waals surface area contributed by atoms with Gasteiger partial charge in [0.25, 0.3) is 0 Å². The van der Waals surface area contributed by atoms with Gasteiger partial charge in [-0.3, -0.25) is 4.79 Å². The van der Waals surface area contributed by atoms with Gasteiger partial charge in [0.15, 0.2) is 5.96 Å². The van der Waals surface area contributed by atoms with Crippen LogP contribution in [-0.2, 0) is 23.5 Å². The van der Waals surface area contributed by atoms with Gasteiger partial charge in [0, 0.05) is 26.1 Å². The Kier molecular flexibility index (Phi) is 9.36. The fourth-order valence-corrected chi connectivity index (χ4v) is 3.42. The van der Waals surface area contributed by atoms with E-state index in [1.807, 2.05) is 36.9 Å². The first-order chi connectivity index (χ1) is 14.4. The number of nitrogens with zero attached hydrogens (tertiary/aromatic N) is 2. The minimum Gasteiger partial charge on any atom is -0.463 e. The maximum atomic E-state index is 11.8. The lowest BCUT2D eigenvalue weighted by Crippen LogP contribution is -2.44. The number of guanidine groups is 1. The highest BCUT2D eigenvalue weighted by Crippen LogP contribution is 2.22. The van der Waals surface area contributed by atoms with Gasteiger partial charge in [-0.05, 0) is 50.5 Å². The van der Waals surface area contributed by atoms with E-state index in [-0.39, 0.29) is 36.4 Å². The van der Waals surface area contributed by atoms with Gasteiger partial charge in [-0.25, -0.2) is 4.99 Å². The summed E-state index contributed by atoms with van der Waals surface area (Å²) in [6.45, 7) is 8.60. The number of benzene rings is 1. The monoisotopic (exact) mass is 540 g/mol. The van der Waals surface area contributed by atoms with Crippen LogP contribution in [0.15, 0.2) is 45.8 Å². The molecule has 1 aromatic heterocycles. The lowest BCUT2D eigenvalue weighted by atomic mass is 10.0. The molecule has 1 atom stereocenters. The Morgan fingerprint density at radius 2 is 1.90 bits per heavy atom. The number of likely N-dealkylation sites (tertiary alicyclic amines) is 1. The Balaban J connectivity index is 0.00000341. The normalized spacial score (nSPS) is 16.1. The molecule has 1 unspecified atom stereocenters. The molecule has 0 radical (unpaired) electrons. The molecule has 1 aromatic carbocycles. The van der Waals surface area contributed by atoms with Gasteiger partial charge < -0.3 is 25.1 Å². The van der Waals surface area contributed by atoms with E-state index in [1.165, 1.54) is 0 Å². The van der Waals surface area contributed by atoms with Crippen molar-refractivity contribution in [2.45, 2.75) is 52.3 Å². The smallest absolute Gasteiger partial charge is 0.222 e. The van der Waals surface area contributed by atoms with Crippen LogP contribution in [0.1, 0.15) is 49.3 Å². The molecular weight excluding hydrogens is 507 g/mol. The average Bonchev–Trinajstić information content (AvgIpc) is 3.34. The Hall–Kier alpha value is -2.07. The third kappa shape index (κ3) is 7.24. The van der Waals surface area contributed by atoms with Crippen molar-refractivity contribution < 1.29 is 14.3 Å². The second-order valence-corrected chi connectivity index (χ2v) is 7.97. The zero-order valence-corrected chi connectivity index (χ0v) is 20.8. The van der Waals surface area contributed by atoms with Gasteiger partial charge in [0.1, 0.15) is 17.1 Å². The van der Waals surface area contributed by atoms with Crippen LogP contribution in [0.5, 0.6) is 0 Å². The Labute approximate surface area is 201 Å². The van der Waals surface area contributed by atoms with Crippen molar-refractivity contribution in [3.63, 3.8) is 0 Å². The molecule has 1 amide bonds. The molecule has 3 rings (SSSR count). The van der Waals surface area contributed by atoms with Gasteiger partial charge >= 0.3 is 0 Å². The van der Waals surface area contributed by atoms with Gasteiger partial charge in [-0.1, -0.05) is 24.3 Å². The highest BCUT2D eigenvalue weighted by molar-refractivity contribution is 14.0. The lowest BCUT2D eigenvalue weighted by Gasteiger charge is -2.22. The second kappa shape index (κ2) is 11.5. The van der Waals surface area contributed by atoms with Crippen molar-refractivity contribution in [3.05, 3.63) is 59.0 Å². The molecule has 7 nitrogen and oxygen atoms in total. The molecule has 0 bridgehead atoms. The molecule has 2 heterocycles. The largest absolute Gasteiger partial charge is 0.463 e. The molecule has 1 fully saturated rings. The van der Waals surface area contributed by atoms with E-state index in [1.54, 1.807) is 13.0 Å². The number of carbonyl (C=O) groups excluding carboxylic acids is 1.